The number of carbonyl (C=O) groups excluding carboxylic acids is 2. The number of ether oxygens (including phenoxy) is 1. The molecule has 32 heavy (non-hydrogen) atoms. The fourth-order valence-corrected chi connectivity index (χ4v) is 3.52. The second-order valence-electron chi connectivity index (χ2n) is 7.08. The number of benzene rings is 1. The van der Waals surface area contributed by atoms with Crippen molar-refractivity contribution >= 4 is 29.2 Å². The Morgan fingerprint density at radius 3 is 2.78 bits per heavy atom. The molecule has 0 aliphatic rings. The van der Waals surface area contributed by atoms with Crippen molar-refractivity contribution < 1.29 is 18.7 Å². The number of halogens is 1. The van der Waals surface area contributed by atoms with E-state index in [1.807, 2.05) is 30.5 Å². The summed E-state index contributed by atoms with van der Waals surface area (Å²) in [7, 11) is 0. The molecular weight excluding hydrogens is 434 g/mol. The maximum absolute atomic E-state index is 12.6. The van der Waals surface area contributed by atoms with E-state index in [-0.39, 0.29) is 0 Å². The van der Waals surface area contributed by atoms with E-state index in [1.165, 1.54) is 17.3 Å². The fraction of sp³-hybridized carbons (Fsp3) is 0.182. The zero-order valence-corrected chi connectivity index (χ0v) is 18.2. The standard InChI is InChI=1S/C22H20ClN5O4/c1-14-8-18(15(2)27(14)10-17-4-3-7-31-17)22(30)32-11-21(29)26-19-9-16(23)5-6-20(19)28-13-24-12-25-28/h3-9,12-13H,10-11H2,1-2H3,(H,26,29). The van der Waals surface area contributed by atoms with Crippen molar-refractivity contribution in [2.24, 2.45) is 0 Å². The summed E-state index contributed by atoms with van der Waals surface area (Å²) < 4.78 is 14.1. The van der Waals surface area contributed by atoms with E-state index in [9.17, 15) is 9.59 Å². The number of aromatic nitrogens is 4. The lowest BCUT2D eigenvalue weighted by Crippen LogP contribution is -2.22. The summed E-state index contributed by atoms with van der Waals surface area (Å²) in [4.78, 5) is 29.0. The molecule has 9 nitrogen and oxygen atoms in total. The predicted octanol–water partition coefficient (Wildman–Crippen LogP) is 3.78. The average Bonchev–Trinajstić information content (AvgIpc) is 3.52. The molecule has 4 rings (SSSR count). The lowest BCUT2D eigenvalue weighted by atomic mass is 10.2. The number of nitrogens with zero attached hydrogens (tertiary/aromatic N) is 4. The molecular formula is C22H20ClN5O4. The number of hydrogen-bond donors (Lipinski definition) is 1. The van der Waals surface area contributed by atoms with Gasteiger partial charge in [-0.3, -0.25) is 4.79 Å². The predicted molar refractivity (Wildman–Crippen MR) is 117 cm³/mol. The van der Waals surface area contributed by atoms with Crippen LogP contribution in [-0.4, -0.2) is 37.8 Å². The first-order valence-corrected chi connectivity index (χ1v) is 10.1. The number of furan rings is 1. The molecule has 10 heteroatoms. The van der Waals surface area contributed by atoms with Gasteiger partial charge in [0, 0.05) is 16.4 Å². The largest absolute Gasteiger partial charge is 0.467 e. The van der Waals surface area contributed by atoms with Gasteiger partial charge < -0.3 is 19.0 Å². The molecule has 1 N–H and O–H groups in total. The summed E-state index contributed by atoms with van der Waals surface area (Å²) in [5.74, 6) is -0.316. The van der Waals surface area contributed by atoms with Gasteiger partial charge in [0.25, 0.3) is 5.91 Å². The Morgan fingerprint density at radius 2 is 2.06 bits per heavy atom. The molecule has 164 valence electrons. The Morgan fingerprint density at radius 1 is 1.22 bits per heavy atom. The van der Waals surface area contributed by atoms with Crippen LogP contribution in [0.4, 0.5) is 5.69 Å². The van der Waals surface area contributed by atoms with Crippen LogP contribution in [0.25, 0.3) is 5.69 Å². The summed E-state index contributed by atoms with van der Waals surface area (Å²) in [6.07, 6.45) is 4.48. The summed E-state index contributed by atoms with van der Waals surface area (Å²) in [6, 6.07) is 10.4. The van der Waals surface area contributed by atoms with Crippen LogP contribution < -0.4 is 5.32 Å². The second kappa shape index (κ2) is 9.11. The molecule has 0 radical (unpaired) electrons. The first kappa shape index (κ1) is 21.4. The van der Waals surface area contributed by atoms with Gasteiger partial charge in [-0.15, -0.1) is 0 Å². The number of anilines is 1. The molecule has 0 bridgehead atoms. The maximum Gasteiger partial charge on any atom is 0.340 e. The van der Waals surface area contributed by atoms with E-state index in [1.54, 1.807) is 30.5 Å². The first-order valence-electron chi connectivity index (χ1n) is 9.73. The van der Waals surface area contributed by atoms with Crippen LogP contribution in [0.2, 0.25) is 5.02 Å². The fourth-order valence-electron chi connectivity index (χ4n) is 3.35. The van der Waals surface area contributed by atoms with E-state index in [0.29, 0.717) is 28.5 Å². The highest BCUT2D eigenvalue weighted by Crippen LogP contribution is 2.24. The minimum atomic E-state index is -0.582. The van der Waals surface area contributed by atoms with E-state index in [2.05, 4.69) is 15.4 Å². The summed E-state index contributed by atoms with van der Waals surface area (Å²) in [5.41, 5.74) is 3.00. The Balaban J connectivity index is 1.42. The number of esters is 1. The van der Waals surface area contributed by atoms with E-state index in [0.717, 1.165) is 17.1 Å². The first-order chi connectivity index (χ1) is 15.4. The Kier molecular flexibility index (Phi) is 6.09. The van der Waals surface area contributed by atoms with Crippen molar-refractivity contribution in [1.29, 1.82) is 0 Å². The van der Waals surface area contributed by atoms with Crippen LogP contribution in [0.15, 0.2) is 59.7 Å². The zero-order chi connectivity index (χ0) is 22.7. The number of rotatable bonds is 7. The summed E-state index contributed by atoms with van der Waals surface area (Å²) >= 11 is 6.06. The number of hydrogen-bond acceptors (Lipinski definition) is 6. The quantitative estimate of drug-likeness (QED) is 0.427. The minimum Gasteiger partial charge on any atom is -0.467 e. The zero-order valence-electron chi connectivity index (χ0n) is 17.4. The molecule has 0 saturated heterocycles. The summed E-state index contributed by atoms with van der Waals surface area (Å²) in [6.45, 7) is 3.76. The van der Waals surface area contributed by atoms with E-state index >= 15 is 0 Å². The van der Waals surface area contributed by atoms with Gasteiger partial charge in [-0.25, -0.2) is 14.5 Å². The monoisotopic (exact) mass is 453 g/mol. The van der Waals surface area contributed by atoms with Gasteiger partial charge in [0.2, 0.25) is 0 Å². The van der Waals surface area contributed by atoms with Crippen molar-refractivity contribution in [1.82, 2.24) is 19.3 Å². The number of amides is 1. The van der Waals surface area contributed by atoms with Gasteiger partial charge in [0.15, 0.2) is 6.61 Å². The van der Waals surface area contributed by atoms with Crippen molar-refractivity contribution in [3.05, 3.63) is 83.1 Å². The van der Waals surface area contributed by atoms with Crippen LogP contribution in [0.5, 0.6) is 0 Å². The molecule has 0 atom stereocenters. The number of carbonyl (C=O) groups is 2. The molecule has 0 saturated carbocycles. The van der Waals surface area contributed by atoms with Gasteiger partial charge in [0.05, 0.1) is 29.7 Å². The van der Waals surface area contributed by atoms with Gasteiger partial charge in [0.1, 0.15) is 18.4 Å². The van der Waals surface area contributed by atoms with Crippen molar-refractivity contribution in [2.45, 2.75) is 20.4 Å². The van der Waals surface area contributed by atoms with Crippen LogP contribution in [-0.2, 0) is 16.1 Å². The highest BCUT2D eigenvalue weighted by atomic mass is 35.5. The maximum atomic E-state index is 12.6. The lowest BCUT2D eigenvalue weighted by molar-refractivity contribution is -0.119. The molecule has 0 aliphatic heterocycles. The normalized spacial score (nSPS) is 10.8. The third-order valence-electron chi connectivity index (χ3n) is 4.92. The van der Waals surface area contributed by atoms with E-state index in [4.69, 9.17) is 20.8 Å². The molecule has 4 aromatic rings. The molecule has 0 unspecified atom stereocenters. The van der Waals surface area contributed by atoms with Crippen LogP contribution >= 0.6 is 11.6 Å². The number of nitrogens with one attached hydrogen (secondary N) is 1. The van der Waals surface area contributed by atoms with Gasteiger partial charge in [-0.1, -0.05) is 11.6 Å². The SMILES string of the molecule is Cc1cc(C(=O)OCC(=O)Nc2cc(Cl)ccc2-n2cncn2)c(C)n1Cc1ccco1. The minimum absolute atomic E-state index is 0.396. The van der Waals surface area contributed by atoms with Gasteiger partial charge in [-0.2, -0.15) is 5.10 Å². The summed E-state index contributed by atoms with van der Waals surface area (Å²) in [5, 5.41) is 7.20. The molecule has 0 aliphatic carbocycles. The van der Waals surface area contributed by atoms with Crippen LogP contribution in [0, 0.1) is 13.8 Å². The second-order valence-corrected chi connectivity index (χ2v) is 7.51. The Labute approximate surface area is 188 Å². The third-order valence-corrected chi connectivity index (χ3v) is 5.16. The average molecular weight is 454 g/mol. The molecule has 1 aromatic carbocycles. The Hall–Kier alpha value is -3.85. The van der Waals surface area contributed by atoms with Crippen LogP contribution in [0.3, 0.4) is 0 Å². The molecule has 0 spiro atoms. The van der Waals surface area contributed by atoms with E-state index < -0.39 is 18.5 Å². The highest BCUT2D eigenvalue weighted by Gasteiger charge is 2.19. The smallest absolute Gasteiger partial charge is 0.340 e. The van der Waals surface area contributed by atoms with Gasteiger partial charge in [-0.05, 0) is 50.2 Å². The van der Waals surface area contributed by atoms with Crippen LogP contribution in [0.1, 0.15) is 27.5 Å². The van der Waals surface area contributed by atoms with Gasteiger partial charge >= 0.3 is 5.97 Å². The topological polar surface area (TPSA) is 104 Å². The van der Waals surface area contributed by atoms with Crippen molar-refractivity contribution in [2.75, 3.05) is 11.9 Å². The molecule has 3 aromatic heterocycles. The third kappa shape index (κ3) is 4.57. The molecule has 1 amide bonds. The highest BCUT2D eigenvalue weighted by molar-refractivity contribution is 6.31. The Bertz CT molecular complexity index is 1250. The van der Waals surface area contributed by atoms with Crippen molar-refractivity contribution in [3.8, 4) is 5.69 Å². The lowest BCUT2D eigenvalue weighted by Gasteiger charge is -2.12. The molecule has 0 fully saturated rings. The number of aryl methyl sites for hydroxylation is 1. The van der Waals surface area contributed by atoms with Crippen molar-refractivity contribution in [3.63, 3.8) is 0 Å². The molecule has 3 heterocycles.